The van der Waals surface area contributed by atoms with Crippen molar-refractivity contribution in [3.8, 4) is 33.4 Å². The Kier molecular flexibility index (Phi) is 8.39. The van der Waals surface area contributed by atoms with Gasteiger partial charge in [0, 0.05) is 22.9 Å². The van der Waals surface area contributed by atoms with Crippen LogP contribution >= 0.6 is 0 Å². The van der Waals surface area contributed by atoms with Crippen molar-refractivity contribution in [2.45, 2.75) is 42.6 Å². The molecule has 3 aliphatic carbocycles. The molecular weight excluding hydrogens is 811 g/mol. The Balaban J connectivity index is 1.13. The minimum atomic E-state index is -0.692. The number of aromatic nitrogens is 1. The molecule has 0 saturated carbocycles. The summed E-state index contributed by atoms with van der Waals surface area (Å²) in [5.41, 5.74) is 20.1. The third-order valence-corrected chi connectivity index (χ3v) is 15.3. The zero-order chi connectivity index (χ0) is 45.1. The van der Waals surface area contributed by atoms with Crippen LogP contribution in [0.15, 0.2) is 225 Å². The highest BCUT2D eigenvalue weighted by Gasteiger charge is 2.57. The average molecular weight is 860 g/mol. The number of benzene rings is 8. The molecule has 8 aromatic carbocycles. The third kappa shape index (κ3) is 5.21. The number of hydrogen-bond donors (Lipinski definition) is 0. The molecule has 3 nitrogen and oxygen atoms in total. The second-order valence-electron chi connectivity index (χ2n) is 19.7. The lowest BCUT2D eigenvalue weighted by Crippen LogP contribution is -2.38. The van der Waals surface area contributed by atoms with Gasteiger partial charge in [-0.3, -0.25) is 4.98 Å². The average Bonchev–Trinajstić information content (AvgIpc) is 4.11. The summed E-state index contributed by atoms with van der Waals surface area (Å²) in [5.74, 6) is 0. The Morgan fingerprint density at radius 1 is 0.403 bits per heavy atom. The highest BCUT2D eigenvalue weighted by Crippen LogP contribution is 2.61. The molecule has 0 saturated heterocycles. The van der Waals surface area contributed by atoms with Crippen LogP contribution < -0.4 is 0 Å². The quantitative estimate of drug-likeness (QED) is 0.152. The first kappa shape index (κ1) is 39.4. The van der Waals surface area contributed by atoms with Crippen LogP contribution in [-0.4, -0.2) is 27.2 Å². The van der Waals surface area contributed by atoms with E-state index in [1.165, 1.54) is 94.6 Å². The van der Waals surface area contributed by atoms with Crippen molar-refractivity contribution in [3.05, 3.63) is 292 Å². The molecule has 4 aliphatic rings. The van der Waals surface area contributed by atoms with E-state index in [4.69, 9.17) is 4.98 Å². The monoisotopic (exact) mass is 859 g/mol. The van der Waals surface area contributed by atoms with Gasteiger partial charge < -0.3 is 0 Å². The maximum Gasteiger partial charge on any atom is 0.490 e. The molecule has 0 radical (unpaired) electrons. The molecule has 0 amide bonds. The lowest BCUT2D eigenvalue weighted by Gasteiger charge is -2.38. The Morgan fingerprint density at radius 2 is 0.791 bits per heavy atom. The molecule has 0 spiro atoms. The number of hydrogen-bond acceptors (Lipinski definition) is 1. The largest absolute Gasteiger partial charge is 0.490 e. The minimum absolute atomic E-state index is 0.0712. The summed E-state index contributed by atoms with van der Waals surface area (Å²) in [4.78, 5) is 5.38. The molecule has 13 rings (SSSR count). The van der Waals surface area contributed by atoms with Crippen molar-refractivity contribution in [1.29, 1.82) is 0 Å². The van der Waals surface area contributed by atoms with Gasteiger partial charge in [0.25, 0.3) is 5.54 Å². The fraction of sp³-hybridized carbons (Fsp3) is 0.125. The van der Waals surface area contributed by atoms with E-state index in [2.05, 4.69) is 257 Å². The first-order chi connectivity index (χ1) is 32.8. The number of pyridine rings is 1. The van der Waals surface area contributed by atoms with Gasteiger partial charge in [-0.2, -0.15) is 0 Å². The van der Waals surface area contributed by atoms with Crippen molar-refractivity contribution < 1.29 is 9.15 Å². The van der Waals surface area contributed by atoms with E-state index in [1.807, 2.05) is 10.8 Å². The van der Waals surface area contributed by atoms with E-state index in [1.54, 1.807) is 0 Å². The van der Waals surface area contributed by atoms with Gasteiger partial charge in [-0.15, -0.1) is 0 Å². The van der Waals surface area contributed by atoms with Gasteiger partial charge in [0.1, 0.15) is 0 Å². The van der Waals surface area contributed by atoms with E-state index < -0.39 is 16.4 Å². The van der Waals surface area contributed by atoms with Gasteiger partial charge in [-0.25, -0.2) is 0 Å². The normalized spacial score (nSPS) is 16.0. The van der Waals surface area contributed by atoms with Crippen LogP contribution in [0.5, 0.6) is 0 Å². The Hall–Kier alpha value is -7.97. The highest BCUT2D eigenvalue weighted by molar-refractivity contribution is 5.89. The van der Waals surface area contributed by atoms with Gasteiger partial charge >= 0.3 is 6.01 Å². The molecular formula is C64H49N3+2. The van der Waals surface area contributed by atoms with Crippen molar-refractivity contribution in [3.63, 3.8) is 0 Å². The lowest BCUT2D eigenvalue weighted by molar-refractivity contribution is -0.533. The van der Waals surface area contributed by atoms with Crippen LogP contribution in [0.25, 0.3) is 33.4 Å². The summed E-state index contributed by atoms with van der Waals surface area (Å²) < 4.78 is 4.34. The summed E-state index contributed by atoms with van der Waals surface area (Å²) in [6, 6.07) is 81.5. The van der Waals surface area contributed by atoms with Crippen molar-refractivity contribution >= 4 is 6.01 Å². The van der Waals surface area contributed by atoms with E-state index in [0.717, 1.165) is 5.69 Å². The molecule has 9 aromatic rings. The predicted molar refractivity (Wildman–Crippen MR) is 270 cm³/mol. The van der Waals surface area contributed by atoms with Gasteiger partial charge in [-0.1, -0.05) is 218 Å². The smallest absolute Gasteiger partial charge is 0.260 e. The number of nitrogens with zero attached hydrogens (tertiary/aromatic N) is 3. The van der Waals surface area contributed by atoms with Crippen LogP contribution in [0.3, 0.4) is 0 Å². The fourth-order valence-electron chi connectivity index (χ4n) is 12.6. The third-order valence-electron chi connectivity index (χ3n) is 15.3. The minimum Gasteiger partial charge on any atom is -0.260 e. The predicted octanol–water partition coefficient (Wildman–Crippen LogP) is 13.7. The summed E-state index contributed by atoms with van der Waals surface area (Å²) in [6.45, 7) is 6.89. The van der Waals surface area contributed by atoms with E-state index in [0.29, 0.717) is 0 Å². The maximum atomic E-state index is 5.38. The summed E-state index contributed by atoms with van der Waals surface area (Å²) in [7, 11) is 2.06. The van der Waals surface area contributed by atoms with Gasteiger partial charge in [-0.05, 0) is 102 Å². The second kappa shape index (κ2) is 14.3. The van der Waals surface area contributed by atoms with Crippen molar-refractivity contribution in [1.82, 2.24) is 4.98 Å². The summed E-state index contributed by atoms with van der Waals surface area (Å²) in [5, 5.41) is 0. The fourth-order valence-corrected chi connectivity index (χ4v) is 12.6. The molecule has 0 bridgehead atoms. The molecule has 0 atom stereocenters. The number of rotatable bonds is 6. The highest BCUT2D eigenvalue weighted by atomic mass is 15.2. The van der Waals surface area contributed by atoms with Crippen molar-refractivity contribution in [2.24, 2.45) is 0 Å². The Bertz CT molecular complexity index is 3510. The molecule has 1 aliphatic heterocycles. The molecule has 2 heterocycles. The van der Waals surface area contributed by atoms with Crippen LogP contribution in [-0.2, 0) is 21.8 Å². The second-order valence-corrected chi connectivity index (χ2v) is 19.7. The molecule has 67 heavy (non-hydrogen) atoms. The van der Waals surface area contributed by atoms with E-state index in [-0.39, 0.29) is 5.41 Å². The first-order valence-electron chi connectivity index (χ1n) is 23.5. The van der Waals surface area contributed by atoms with Crippen molar-refractivity contribution in [2.75, 3.05) is 7.05 Å². The van der Waals surface area contributed by atoms with Gasteiger partial charge in [0.15, 0.2) is 7.05 Å². The Labute approximate surface area is 393 Å². The van der Waals surface area contributed by atoms with Crippen LogP contribution in [0, 0.1) is 0 Å². The van der Waals surface area contributed by atoms with E-state index in [9.17, 15) is 0 Å². The van der Waals surface area contributed by atoms with Crippen LogP contribution in [0.2, 0.25) is 0 Å². The molecule has 0 N–H and O–H groups in total. The molecule has 0 unspecified atom stereocenters. The van der Waals surface area contributed by atoms with Crippen LogP contribution in [0.4, 0.5) is 0 Å². The zero-order valence-corrected chi connectivity index (χ0v) is 38.2. The van der Waals surface area contributed by atoms with E-state index >= 15 is 0 Å². The molecule has 1 aromatic heterocycles. The molecule has 318 valence electrons. The van der Waals surface area contributed by atoms with Crippen LogP contribution in [0.1, 0.15) is 87.7 Å². The summed E-state index contributed by atoms with van der Waals surface area (Å²) in [6.07, 6.45) is 6.32. The number of fused-ring (bicyclic) bond motifs is 9. The van der Waals surface area contributed by atoms with Gasteiger partial charge in [0.2, 0.25) is 12.4 Å². The first-order valence-corrected chi connectivity index (χ1v) is 23.5. The SMILES string of the molecule is C[N+]1=C=[N+](C2(c3cccc(C4(c5cccc(C6(c7cc(C(C)(C)C)ccn7)c7ccccc7-c7ccccc76)c5)c5ccccc5-c5ccccc54)c3)c3ccccc3-c3ccccc32)C=C1. The zero-order valence-electron chi connectivity index (χ0n) is 38.2. The molecule has 0 fully saturated rings. The molecule has 3 heteroatoms. The summed E-state index contributed by atoms with van der Waals surface area (Å²) >= 11 is 0. The Morgan fingerprint density at radius 3 is 1.24 bits per heavy atom. The maximum absolute atomic E-state index is 5.38. The standard InChI is InChI=1S/C64H49N3/c1-61(2,3)43-35-36-65-60(41-43)63(56-31-13-7-25-50(56)51-26-8-14-32-57(51)63)46-21-17-19-44(39-46)62(54-29-11-5-23-48(54)49-24-6-12-30-55(49)62)45-20-18-22-47(40-45)64(67-38-37-66(4)42-67)58-33-15-9-27-52(58)53-28-10-16-34-59(53)64/h5-41H,1-4H3/q+2. The van der Waals surface area contributed by atoms with Gasteiger partial charge in [0.05, 0.1) is 16.5 Å². The lowest BCUT2D eigenvalue weighted by atomic mass is 9.64. The topological polar surface area (TPSA) is 18.9 Å².